The lowest BCUT2D eigenvalue weighted by Gasteiger charge is -2.24. The molecule has 0 saturated heterocycles. The number of aliphatic hydroxyl groups is 1. The van der Waals surface area contributed by atoms with Gasteiger partial charge in [0.05, 0.1) is 7.11 Å². The van der Waals surface area contributed by atoms with Crippen LogP contribution in [0, 0.1) is 0 Å². The Hall–Kier alpha value is -1.72. The minimum absolute atomic E-state index is 0.208. The van der Waals surface area contributed by atoms with Crippen molar-refractivity contribution in [3.05, 3.63) is 42.0 Å². The van der Waals surface area contributed by atoms with Crippen LogP contribution in [0.15, 0.2) is 36.4 Å². The Morgan fingerprint density at radius 3 is 2.58 bits per heavy atom. The van der Waals surface area contributed by atoms with Crippen LogP contribution in [0.25, 0.3) is 10.8 Å². The van der Waals surface area contributed by atoms with Crippen LogP contribution in [-0.4, -0.2) is 24.7 Å². The molecule has 102 valence electrons. The van der Waals surface area contributed by atoms with Gasteiger partial charge in [0.15, 0.2) is 0 Å². The van der Waals surface area contributed by atoms with Crippen molar-refractivity contribution in [2.45, 2.75) is 12.0 Å². The highest BCUT2D eigenvalue weighted by atomic mass is 19.3. The third-order valence-electron chi connectivity index (χ3n) is 3.13. The Morgan fingerprint density at radius 2 is 1.95 bits per heavy atom. The summed E-state index contributed by atoms with van der Waals surface area (Å²) in [5, 5.41) is 10.2. The van der Waals surface area contributed by atoms with Crippen molar-refractivity contribution in [1.29, 1.82) is 0 Å². The summed E-state index contributed by atoms with van der Waals surface area (Å²) in [4.78, 5) is 0. The maximum absolute atomic E-state index is 13.6. The normalized spacial score (nSPS) is 13.5. The third kappa shape index (κ3) is 2.39. The maximum atomic E-state index is 13.6. The SMILES string of the molecule is COc1ccc2ccccc2c1[C@H](N)C(F)(F)CO. The molecule has 0 spiro atoms. The van der Waals surface area contributed by atoms with E-state index < -0.39 is 18.6 Å². The van der Waals surface area contributed by atoms with E-state index in [0.717, 1.165) is 5.39 Å². The molecule has 19 heavy (non-hydrogen) atoms. The summed E-state index contributed by atoms with van der Waals surface area (Å²) < 4.78 is 32.4. The zero-order valence-corrected chi connectivity index (χ0v) is 10.4. The fourth-order valence-electron chi connectivity index (χ4n) is 2.08. The van der Waals surface area contributed by atoms with Crippen molar-refractivity contribution in [1.82, 2.24) is 0 Å². The zero-order valence-electron chi connectivity index (χ0n) is 10.4. The number of fused-ring (bicyclic) bond motifs is 1. The fraction of sp³-hybridized carbons (Fsp3) is 0.286. The van der Waals surface area contributed by atoms with Gasteiger partial charge in [0.1, 0.15) is 18.4 Å². The van der Waals surface area contributed by atoms with E-state index in [0.29, 0.717) is 11.1 Å². The lowest BCUT2D eigenvalue weighted by Crippen LogP contribution is -2.36. The molecule has 5 heteroatoms. The standard InChI is InChI=1S/C14H15F2NO2/c1-19-11-7-6-9-4-2-3-5-10(9)12(11)13(17)14(15,16)8-18/h2-7,13,18H,8,17H2,1H3/t13-/m0/s1. The molecule has 2 rings (SSSR count). The summed E-state index contributed by atoms with van der Waals surface area (Å²) in [7, 11) is 1.40. The number of hydrogen-bond donors (Lipinski definition) is 2. The van der Waals surface area contributed by atoms with E-state index in [2.05, 4.69) is 0 Å². The Kier molecular flexibility index (Phi) is 3.68. The minimum Gasteiger partial charge on any atom is -0.496 e. The molecule has 0 aliphatic heterocycles. The first-order chi connectivity index (χ1) is 9.01. The molecule has 3 N–H and O–H groups in total. The third-order valence-corrected chi connectivity index (χ3v) is 3.13. The number of methoxy groups -OCH3 is 1. The first kappa shape index (κ1) is 13.7. The Morgan fingerprint density at radius 1 is 1.26 bits per heavy atom. The van der Waals surface area contributed by atoms with Gasteiger partial charge in [-0.1, -0.05) is 30.3 Å². The molecule has 0 unspecified atom stereocenters. The Balaban J connectivity index is 2.69. The van der Waals surface area contributed by atoms with E-state index in [9.17, 15) is 8.78 Å². The summed E-state index contributed by atoms with van der Waals surface area (Å²) in [6.07, 6.45) is 0. The lowest BCUT2D eigenvalue weighted by molar-refractivity contribution is -0.0712. The molecule has 1 atom stereocenters. The number of rotatable bonds is 4. The monoisotopic (exact) mass is 267 g/mol. The Bertz CT molecular complexity index is 587. The van der Waals surface area contributed by atoms with Gasteiger partial charge in [-0.2, -0.15) is 0 Å². The summed E-state index contributed by atoms with van der Waals surface area (Å²) in [5.74, 6) is -3.11. The van der Waals surface area contributed by atoms with Crippen molar-refractivity contribution in [3.8, 4) is 5.75 Å². The van der Waals surface area contributed by atoms with Crippen molar-refractivity contribution in [2.24, 2.45) is 5.73 Å². The van der Waals surface area contributed by atoms with Gasteiger partial charge in [-0.25, -0.2) is 8.78 Å². The lowest BCUT2D eigenvalue weighted by atomic mass is 9.94. The van der Waals surface area contributed by atoms with Gasteiger partial charge in [0, 0.05) is 5.56 Å². The number of nitrogens with two attached hydrogens (primary N) is 1. The smallest absolute Gasteiger partial charge is 0.289 e. The van der Waals surface area contributed by atoms with E-state index in [1.54, 1.807) is 24.3 Å². The summed E-state index contributed by atoms with van der Waals surface area (Å²) in [6, 6.07) is 8.83. The number of ether oxygens (including phenoxy) is 1. The summed E-state index contributed by atoms with van der Waals surface area (Å²) in [6.45, 7) is -1.31. The molecule has 2 aromatic rings. The molecule has 0 radical (unpaired) electrons. The van der Waals surface area contributed by atoms with Crippen LogP contribution in [0.1, 0.15) is 11.6 Å². The number of hydrogen-bond acceptors (Lipinski definition) is 3. The van der Waals surface area contributed by atoms with Gasteiger partial charge >= 0.3 is 0 Å². The predicted octanol–water partition coefficient (Wildman–Crippen LogP) is 2.48. The highest BCUT2D eigenvalue weighted by Crippen LogP contribution is 2.38. The number of benzene rings is 2. The maximum Gasteiger partial charge on any atom is 0.289 e. The second-order valence-electron chi connectivity index (χ2n) is 4.30. The molecule has 0 aromatic heterocycles. The molecule has 2 aromatic carbocycles. The zero-order chi connectivity index (χ0) is 14.0. The van der Waals surface area contributed by atoms with Gasteiger partial charge < -0.3 is 15.6 Å². The van der Waals surface area contributed by atoms with Crippen LogP contribution < -0.4 is 10.5 Å². The Labute approximate surface area is 109 Å². The second-order valence-corrected chi connectivity index (χ2v) is 4.30. The van der Waals surface area contributed by atoms with E-state index in [4.69, 9.17) is 15.6 Å². The van der Waals surface area contributed by atoms with Gasteiger partial charge in [-0.3, -0.25) is 0 Å². The average Bonchev–Trinajstić information content (AvgIpc) is 2.45. The van der Waals surface area contributed by atoms with Crippen LogP contribution in [0.5, 0.6) is 5.75 Å². The van der Waals surface area contributed by atoms with Crippen LogP contribution in [0.3, 0.4) is 0 Å². The topological polar surface area (TPSA) is 55.5 Å². The fourth-order valence-corrected chi connectivity index (χ4v) is 2.08. The molecular formula is C14H15F2NO2. The van der Waals surface area contributed by atoms with E-state index in [1.165, 1.54) is 7.11 Å². The second kappa shape index (κ2) is 5.11. The molecule has 0 bridgehead atoms. The molecule has 0 fully saturated rings. The molecule has 0 heterocycles. The molecule has 0 aliphatic carbocycles. The van der Waals surface area contributed by atoms with Crippen LogP contribution in [-0.2, 0) is 0 Å². The van der Waals surface area contributed by atoms with Crippen molar-refractivity contribution >= 4 is 10.8 Å². The molecule has 0 amide bonds. The largest absolute Gasteiger partial charge is 0.496 e. The van der Waals surface area contributed by atoms with Crippen LogP contribution in [0.4, 0.5) is 8.78 Å². The van der Waals surface area contributed by atoms with Crippen molar-refractivity contribution in [3.63, 3.8) is 0 Å². The highest BCUT2D eigenvalue weighted by molar-refractivity contribution is 5.88. The quantitative estimate of drug-likeness (QED) is 0.894. The molecule has 0 saturated carbocycles. The van der Waals surface area contributed by atoms with E-state index in [-0.39, 0.29) is 5.56 Å². The predicted molar refractivity (Wildman–Crippen MR) is 69.5 cm³/mol. The van der Waals surface area contributed by atoms with Crippen molar-refractivity contribution < 1.29 is 18.6 Å². The van der Waals surface area contributed by atoms with Gasteiger partial charge in [-0.15, -0.1) is 0 Å². The minimum atomic E-state index is -3.41. The van der Waals surface area contributed by atoms with Gasteiger partial charge in [-0.05, 0) is 16.8 Å². The average molecular weight is 267 g/mol. The number of alkyl halides is 2. The van der Waals surface area contributed by atoms with Crippen LogP contribution in [0.2, 0.25) is 0 Å². The summed E-state index contributed by atoms with van der Waals surface area (Å²) >= 11 is 0. The molecule has 0 aliphatic rings. The van der Waals surface area contributed by atoms with E-state index >= 15 is 0 Å². The van der Waals surface area contributed by atoms with E-state index in [1.807, 2.05) is 12.1 Å². The number of halogens is 2. The molecule has 3 nitrogen and oxygen atoms in total. The van der Waals surface area contributed by atoms with Gasteiger partial charge in [0.25, 0.3) is 5.92 Å². The first-order valence-corrected chi connectivity index (χ1v) is 5.81. The van der Waals surface area contributed by atoms with Crippen molar-refractivity contribution in [2.75, 3.05) is 13.7 Å². The summed E-state index contributed by atoms with van der Waals surface area (Å²) in [5.41, 5.74) is 5.84. The van der Waals surface area contributed by atoms with Crippen LogP contribution >= 0.6 is 0 Å². The first-order valence-electron chi connectivity index (χ1n) is 5.81. The van der Waals surface area contributed by atoms with Gasteiger partial charge in [0.2, 0.25) is 0 Å². The number of aliphatic hydroxyl groups excluding tert-OH is 1. The highest BCUT2D eigenvalue weighted by Gasteiger charge is 2.39. The molecular weight excluding hydrogens is 252 g/mol.